The zero-order valence-corrected chi connectivity index (χ0v) is 34.5. The fourth-order valence-electron chi connectivity index (χ4n) is 8.54. The van der Waals surface area contributed by atoms with Gasteiger partial charge in [-0.25, -0.2) is 13.8 Å². The second-order valence-corrected chi connectivity index (χ2v) is 16.8. The lowest BCUT2D eigenvalue weighted by Crippen LogP contribution is -2.12. The molecule has 5 nitrogen and oxygen atoms in total. The average molecular weight is 801 g/mol. The van der Waals surface area contributed by atoms with Crippen molar-refractivity contribution in [2.24, 2.45) is 0 Å². The van der Waals surface area contributed by atoms with Crippen LogP contribution in [0.4, 0.5) is 31.5 Å². The van der Waals surface area contributed by atoms with Crippen LogP contribution in [-0.4, -0.2) is 15.6 Å². The molecule has 7 heteroatoms. The first kappa shape index (κ1) is 37.8. The molecule has 0 unspecified atom stereocenters. The number of aromatic nitrogens is 2. The van der Waals surface area contributed by atoms with Crippen LogP contribution >= 0.6 is 0 Å². The van der Waals surface area contributed by atoms with Crippen molar-refractivity contribution in [2.75, 3.05) is 0 Å². The molecule has 0 bridgehead atoms. The Bertz CT molecular complexity index is 3270. The van der Waals surface area contributed by atoms with E-state index in [1.165, 1.54) is 17.7 Å². The largest absolute Gasteiger partial charge is 0.503 e. The van der Waals surface area contributed by atoms with Crippen LogP contribution in [0.15, 0.2) is 164 Å². The summed E-state index contributed by atoms with van der Waals surface area (Å²) in [4.78, 5) is 4.87. The Hall–Kier alpha value is -7.47. The predicted octanol–water partition coefficient (Wildman–Crippen LogP) is 14.4. The van der Waals surface area contributed by atoms with E-state index in [2.05, 4.69) is 124 Å². The minimum Gasteiger partial charge on any atom is -0.457 e. The lowest BCUT2D eigenvalue weighted by atomic mass is 9.88. The summed E-state index contributed by atoms with van der Waals surface area (Å²) in [5.74, 6) is 0.907. The Morgan fingerprint density at radius 2 is 1.21 bits per heavy atom. The number of para-hydroxylation sites is 4. The van der Waals surface area contributed by atoms with Gasteiger partial charge in [0.1, 0.15) is 29.0 Å². The first-order chi connectivity index (χ1) is 29.5. The molecule has 0 aliphatic carbocycles. The quantitative estimate of drug-likeness (QED) is 0.150. The first-order valence-corrected chi connectivity index (χ1v) is 20.4. The molecule has 2 aromatic heterocycles. The Morgan fingerprint density at radius 1 is 0.557 bits per heavy atom. The number of halogens is 2. The summed E-state index contributed by atoms with van der Waals surface area (Å²) >= 11 is 0. The number of hydrogen-bond acceptors (Lipinski definition) is 2. The number of ether oxygens (including phenoxy) is 1. The minimum atomic E-state index is -0.635. The third-order valence-electron chi connectivity index (χ3n) is 11.3. The molecule has 1 aliphatic heterocycles. The number of rotatable bonds is 7. The Morgan fingerprint density at radius 3 is 1.97 bits per heavy atom. The zero-order chi connectivity index (χ0) is 42.0. The van der Waals surface area contributed by atoms with Crippen LogP contribution in [0, 0.1) is 25.5 Å². The fourth-order valence-corrected chi connectivity index (χ4v) is 8.54. The van der Waals surface area contributed by atoms with E-state index >= 15 is 0 Å². The summed E-state index contributed by atoms with van der Waals surface area (Å²) in [6.07, 6.45) is 1.89. The van der Waals surface area contributed by atoms with Gasteiger partial charge in [0.2, 0.25) is 11.4 Å². The van der Waals surface area contributed by atoms with Crippen LogP contribution < -0.4 is 13.9 Å². The van der Waals surface area contributed by atoms with Gasteiger partial charge in [0.15, 0.2) is 0 Å². The lowest BCUT2D eigenvalue weighted by molar-refractivity contribution is 0.483. The summed E-state index contributed by atoms with van der Waals surface area (Å²) in [5, 5.41) is 2.24. The third-order valence-corrected chi connectivity index (χ3v) is 11.3. The van der Waals surface area contributed by atoms with E-state index in [0.717, 1.165) is 78.7 Å². The second-order valence-electron chi connectivity index (χ2n) is 16.8. The lowest BCUT2D eigenvalue weighted by Gasteiger charge is -2.20. The van der Waals surface area contributed by atoms with Crippen molar-refractivity contribution in [3.05, 3.63) is 192 Å². The van der Waals surface area contributed by atoms with Crippen molar-refractivity contribution in [1.29, 1.82) is 0 Å². The van der Waals surface area contributed by atoms with Gasteiger partial charge in [0, 0.05) is 53.4 Å². The van der Waals surface area contributed by atoms with Gasteiger partial charge in [0.25, 0.3) is 11.4 Å². The number of hydrogen-bond donors (Lipinski definition) is 0. The average Bonchev–Trinajstić information content (AvgIpc) is 3.79. The van der Waals surface area contributed by atoms with E-state index in [9.17, 15) is 8.78 Å². The van der Waals surface area contributed by atoms with Crippen LogP contribution in [0.3, 0.4) is 0 Å². The zero-order valence-electron chi connectivity index (χ0n) is 34.5. The molecule has 0 spiro atoms. The molecule has 0 saturated carbocycles. The highest BCUT2D eigenvalue weighted by Crippen LogP contribution is 2.42. The van der Waals surface area contributed by atoms with Crippen LogP contribution in [0.1, 0.15) is 37.5 Å². The predicted molar refractivity (Wildman–Crippen MR) is 245 cm³/mol. The van der Waals surface area contributed by atoms with E-state index in [-0.39, 0.29) is 5.41 Å². The van der Waals surface area contributed by atoms with Crippen LogP contribution in [-0.2, 0) is 5.41 Å². The van der Waals surface area contributed by atoms with E-state index in [4.69, 9.17) is 9.72 Å². The molecule has 0 atom stereocenters. The van der Waals surface area contributed by atoms with Crippen molar-refractivity contribution >= 4 is 50.6 Å². The summed E-state index contributed by atoms with van der Waals surface area (Å²) < 4.78 is 42.2. The molecule has 61 heavy (non-hydrogen) atoms. The topological polar surface area (TPSA) is 33.1 Å². The van der Waals surface area contributed by atoms with Gasteiger partial charge in [-0.2, -0.15) is 0 Å². The monoisotopic (exact) mass is 800 g/mol. The number of pyridine rings is 1. The van der Waals surface area contributed by atoms with Crippen molar-refractivity contribution in [2.45, 2.75) is 40.0 Å². The van der Waals surface area contributed by atoms with Gasteiger partial charge in [-0.3, -0.25) is 4.57 Å². The maximum Gasteiger partial charge on any atom is 0.503 e. The third kappa shape index (κ3) is 6.99. The summed E-state index contributed by atoms with van der Waals surface area (Å²) in [6, 6.07) is 54.6. The maximum atomic E-state index is 14.5. The van der Waals surface area contributed by atoms with Crippen molar-refractivity contribution in [1.82, 2.24) is 18.7 Å². The molecule has 0 N–H and O–H groups in total. The number of benzene rings is 7. The molecule has 296 valence electrons. The smallest absolute Gasteiger partial charge is 0.457 e. The Kier molecular flexibility index (Phi) is 9.08. The van der Waals surface area contributed by atoms with E-state index in [1.807, 2.05) is 76.0 Å². The summed E-state index contributed by atoms with van der Waals surface area (Å²) in [5.41, 5.74) is 12.0. The van der Waals surface area contributed by atoms with Crippen molar-refractivity contribution in [3.8, 4) is 39.6 Å². The van der Waals surface area contributed by atoms with Gasteiger partial charge < -0.3 is 4.74 Å². The second kappa shape index (κ2) is 14.7. The SMILES string of the molecule is Cc1cc(C)cc(-c2cc(Oc3ccc4c5ccccc5n(-c5cc(C(C)(C)C)ccn5)c4c3)cc([N+]3=C=[N+](c4ccccc4-c4cc(F)cc(F)c4)c4ccccc43)c2)c1. The normalized spacial score (nSPS) is 12.4. The van der Waals surface area contributed by atoms with Crippen molar-refractivity contribution in [3.63, 3.8) is 0 Å². The van der Waals surface area contributed by atoms with E-state index < -0.39 is 11.6 Å². The Labute approximate surface area is 353 Å². The number of nitrogens with zero attached hydrogens (tertiary/aromatic N) is 4. The minimum absolute atomic E-state index is 0.0465. The molecular formula is C54H42F2N4O+2. The van der Waals surface area contributed by atoms with E-state index in [1.54, 1.807) is 0 Å². The van der Waals surface area contributed by atoms with Crippen LogP contribution in [0.25, 0.3) is 49.9 Å². The molecule has 7 aromatic carbocycles. The molecule has 0 radical (unpaired) electrons. The molecule has 0 fully saturated rings. The molecule has 3 heterocycles. The standard InChI is InChI=1S/C54H42F2N4O/c1-34-22-35(2)24-36(23-34)37-27-42(58-33-59(51-17-11-10-16-50(51)58)48-14-8-6-12-45(48)38-25-40(55)30-41(56)26-38)31-44(28-37)61-43-18-19-47-46-13-7-9-15-49(46)60(52(47)32-43)53-29-39(20-21-57-53)54(3,4)5/h6-32H,1-5H3/q+2. The van der Waals surface area contributed by atoms with Crippen molar-refractivity contribution < 1.29 is 13.5 Å². The Balaban J connectivity index is 1.15. The first-order valence-electron chi connectivity index (χ1n) is 20.4. The highest BCUT2D eigenvalue weighted by Gasteiger charge is 2.38. The van der Waals surface area contributed by atoms with Gasteiger partial charge in [-0.1, -0.05) is 92.6 Å². The van der Waals surface area contributed by atoms with Gasteiger partial charge in [-0.15, -0.1) is 0 Å². The van der Waals surface area contributed by atoms with Gasteiger partial charge in [-0.05, 0) is 105 Å². The molecule has 0 amide bonds. The summed E-state index contributed by atoms with van der Waals surface area (Å²) in [6.45, 7) is 10.9. The molecule has 9 aromatic rings. The molecule has 1 aliphatic rings. The van der Waals surface area contributed by atoms with Crippen LogP contribution in [0.2, 0.25) is 0 Å². The van der Waals surface area contributed by atoms with Gasteiger partial charge in [0.05, 0.1) is 22.7 Å². The number of fused-ring (bicyclic) bond motifs is 4. The molecule has 0 saturated heterocycles. The van der Waals surface area contributed by atoms with Crippen LogP contribution in [0.5, 0.6) is 11.5 Å². The van der Waals surface area contributed by atoms with Gasteiger partial charge >= 0.3 is 6.01 Å². The van der Waals surface area contributed by atoms with E-state index in [0.29, 0.717) is 22.6 Å². The highest BCUT2D eigenvalue weighted by molar-refractivity contribution is 6.09. The number of aryl methyl sites for hydroxylation is 2. The highest BCUT2D eigenvalue weighted by atomic mass is 19.1. The maximum absolute atomic E-state index is 14.5. The molecule has 10 rings (SSSR count). The molecular weight excluding hydrogens is 759 g/mol. The fraction of sp³-hybridized carbons (Fsp3) is 0.111. The summed E-state index contributed by atoms with van der Waals surface area (Å²) in [7, 11) is 0.